The van der Waals surface area contributed by atoms with Gasteiger partial charge >= 0.3 is 6.18 Å². The molecule has 3 rings (SSSR count). The molecule has 1 amide bonds. The Balaban J connectivity index is 1.71. The van der Waals surface area contributed by atoms with Gasteiger partial charge in [-0.25, -0.2) is 4.98 Å². The summed E-state index contributed by atoms with van der Waals surface area (Å²) >= 11 is 3.04. The quantitative estimate of drug-likeness (QED) is 0.680. The lowest BCUT2D eigenvalue weighted by atomic mass is 10.1. The van der Waals surface area contributed by atoms with Crippen molar-refractivity contribution in [3.05, 3.63) is 63.5 Å². The average molecular weight is 382 g/mol. The highest BCUT2D eigenvalue weighted by atomic mass is 32.1. The highest BCUT2D eigenvalue weighted by Crippen LogP contribution is 2.31. The van der Waals surface area contributed by atoms with E-state index in [-0.39, 0.29) is 12.1 Å². The van der Waals surface area contributed by atoms with Crippen molar-refractivity contribution in [1.29, 1.82) is 0 Å². The number of alkyl halides is 3. The molecule has 1 aromatic carbocycles. The van der Waals surface area contributed by atoms with Crippen LogP contribution in [0.3, 0.4) is 0 Å². The Morgan fingerprint density at radius 3 is 2.72 bits per heavy atom. The van der Waals surface area contributed by atoms with Gasteiger partial charge in [0.05, 0.1) is 22.7 Å². The van der Waals surface area contributed by atoms with Gasteiger partial charge in [-0.3, -0.25) is 4.79 Å². The van der Waals surface area contributed by atoms with Crippen LogP contribution in [0.1, 0.15) is 26.5 Å². The Kier molecular flexibility index (Phi) is 4.91. The van der Waals surface area contributed by atoms with Gasteiger partial charge in [0, 0.05) is 10.4 Å². The second-order valence-electron chi connectivity index (χ2n) is 5.27. The second-order valence-corrected chi connectivity index (χ2v) is 7.30. The zero-order valence-corrected chi connectivity index (χ0v) is 14.7. The van der Waals surface area contributed by atoms with Crippen LogP contribution in [0.5, 0.6) is 0 Å². The number of thiophene rings is 1. The first-order valence-corrected chi connectivity index (χ1v) is 9.00. The summed E-state index contributed by atoms with van der Waals surface area (Å²) in [6.07, 6.45) is -4.47. The van der Waals surface area contributed by atoms with Gasteiger partial charge in [0.15, 0.2) is 0 Å². The molecule has 130 valence electrons. The summed E-state index contributed by atoms with van der Waals surface area (Å²) in [5.74, 6) is -0.545. The molecule has 3 nitrogen and oxygen atoms in total. The van der Waals surface area contributed by atoms with Crippen LogP contribution in [-0.2, 0) is 12.7 Å². The number of amides is 1. The van der Waals surface area contributed by atoms with E-state index in [1.165, 1.54) is 23.5 Å². The molecule has 0 radical (unpaired) electrons. The van der Waals surface area contributed by atoms with Crippen LogP contribution in [0, 0.1) is 6.92 Å². The molecule has 0 fully saturated rings. The number of halogens is 3. The Hall–Kier alpha value is -2.19. The van der Waals surface area contributed by atoms with Crippen LogP contribution in [0.2, 0.25) is 0 Å². The maximum atomic E-state index is 12.7. The van der Waals surface area contributed by atoms with Crippen LogP contribution >= 0.6 is 22.7 Å². The number of nitrogens with one attached hydrogen (secondary N) is 1. The van der Waals surface area contributed by atoms with Gasteiger partial charge in [0.2, 0.25) is 0 Å². The molecular weight excluding hydrogens is 369 g/mol. The van der Waals surface area contributed by atoms with Gasteiger partial charge < -0.3 is 5.32 Å². The normalized spacial score (nSPS) is 11.5. The molecule has 0 aliphatic rings. The van der Waals surface area contributed by atoms with Crippen LogP contribution in [0.4, 0.5) is 13.2 Å². The molecule has 0 spiro atoms. The molecule has 2 heterocycles. The fourth-order valence-corrected chi connectivity index (χ4v) is 4.00. The standard InChI is InChI=1S/C17H13F3N2OS2/c1-10-14(25-16(22-10)13-6-3-7-24-13)9-21-15(23)11-4-2-5-12(8-11)17(18,19)20/h2-8H,9H2,1H3,(H,21,23). The Morgan fingerprint density at radius 1 is 1.24 bits per heavy atom. The summed E-state index contributed by atoms with van der Waals surface area (Å²) in [4.78, 5) is 18.6. The van der Waals surface area contributed by atoms with Crippen molar-refractivity contribution in [2.45, 2.75) is 19.6 Å². The average Bonchev–Trinajstić information content (AvgIpc) is 3.21. The van der Waals surface area contributed by atoms with Crippen LogP contribution in [0.15, 0.2) is 41.8 Å². The number of aryl methyl sites for hydroxylation is 1. The van der Waals surface area contributed by atoms with Gasteiger partial charge in [-0.1, -0.05) is 12.1 Å². The van der Waals surface area contributed by atoms with E-state index < -0.39 is 17.6 Å². The van der Waals surface area contributed by atoms with Gasteiger partial charge in [-0.05, 0) is 36.6 Å². The number of carbonyl (C=O) groups excluding carboxylic acids is 1. The minimum absolute atomic E-state index is 0.0181. The molecule has 2 aromatic heterocycles. The Bertz CT molecular complexity index is 886. The molecule has 0 bridgehead atoms. The summed E-state index contributed by atoms with van der Waals surface area (Å²) in [5.41, 5.74) is -0.0534. The minimum Gasteiger partial charge on any atom is -0.347 e. The molecular formula is C17H13F3N2OS2. The number of thiazole rings is 1. The fraction of sp³-hybridized carbons (Fsp3) is 0.176. The smallest absolute Gasteiger partial charge is 0.347 e. The highest BCUT2D eigenvalue weighted by Gasteiger charge is 2.30. The second kappa shape index (κ2) is 6.97. The lowest BCUT2D eigenvalue weighted by molar-refractivity contribution is -0.137. The molecule has 25 heavy (non-hydrogen) atoms. The number of nitrogens with zero attached hydrogens (tertiary/aromatic N) is 1. The van der Waals surface area contributed by atoms with Crippen molar-refractivity contribution in [1.82, 2.24) is 10.3 Å². The first kappa shape index (κ1) is 17.6. The van der Waals surface area contributed by atoms with Gasteiger partial charge in [0.25, 0.3) is 5.91 Å². The lowest BCUT2D eigenvalue weighted by Crippen LogP contribution is -2.23. The zero-order valence-electron chi connectivity index (χ0n) is 13.1. The van der Waals surface area contributed by atoms with Crippen molar-refractivity contribution in [3.63, 3.8) is 0 Å². The van der Waals surface area contributed by atoms with Gasteiger partial charge in [-0.15, -0.1) is 22.7 Å². The lowest BCUT2D eigenvalue weighted by Gasteiger charge is -2.09. The van der Waals surface area contributed by atoms with E-state index in [1.807, 2.05) is 24.4 Å². The maximum absolute atomic E-state index is 12.7. The fourth-order valence-electron chi connectivity index (χ4n) is 2.20. The third kappa shape index (κ3) is 4.08. The summed E-state index contributed by atoms with van der Waals surface area (Å²) in [7, 11) is 0. The molecule has 3 aromatic rings. The van der Waals surface area contributed by atoms with Crippen molar-refractivity contribution in [3.8, 4) is 9.88 Å². The SMILES string of the molecule is Cc1nc(-c2cccs2)sc1CNC(=O)c1cccc(C(F)(F)F)c1. The Morgan fingerprint density at radius 2 is 2.04 bits per heavy atom. The highest BCUT2D eigenvalue weighted by molar-refractivity contribution is 7.21. The first-order valence-electron chi connectivity index (χ1n) is 7.30. The number of hydrogen-bond acceptors (Lipinski definition) is 4. The van der Waals surface area contributed by atoms with E-state index in [0.29, 0.717) is 0 Å². The molecule has 0 aliphatic carbocycles. The van der Waals surface area contributed by atoms with Gasteiger partial charge in [-0.2, -0.15) is 13.2 Å². The van der Waals surface area contributed by atoms with E-state index >= 15 is 0 Å². The van der Waals surface area contributed by atoms with Crippen molar-refractivity contribution >= 4 is 28.6 Å². The molecule has 0 saturated heterocycles. The molecule has 0 saturated carbocycles. The predicted molar refractivity (Wildman–Crippen MR) is 92.8 cm³/mol. The summed E-state index contributed by atoms with van der Waals surface area (Å²) in [6.45, 7) is 2.07. The van der Waals surface area contributed by atoms with Gasteiger partial charge in [0.1, 0.15) is 5.01 Å². The van der Waals surface area contributed by atoms with E-state index in [0.717, 1.165) is 32.6 Å². The predicted octanol–water partition coefficient (Wildman–Crippen LogP) is 5.13. The Labute approximate surface area is 150 Å². The van der Waals surface area contributed by atoms with Crippen LogP contribution in [0.25, 0.3) is 9.88 Å². The maximum Gasteiger partial charge on any atom is 0.416 e. The zero-order chi connectivity index (χ0) is 18.0. The minimum atomic E-state index is -4.47. The van der Waals surface area contributed by atoms with E-state index in [2.05, 4.69) is 10.3 Å². The number of aromatic nitrogens is 1. The number of benzene rings is 1. The van der Waals surface area contributed by atoms with E-state index in [1.54, 1.807) is 11.3 Å². The van der Waals surface area contributed by atoms with Crippen LogP contribution < -0.4 is 5.32 Å². The number of rotatable bonds is 4. The van der Waals surface area contributed by atoms with E-state index in [4.69, 9.17) is 0 Å². The van der Waals surface area contributed by atoms with Crippen LogP contribution in [-0.4, -0.2) is 10.9 Å². The number of hydrogen-bond donors (Lipinski definition) is 1. The first-order chi connectivity index (χ1) is 11.8. The third-order valence-electron chi connectivity index (χ3n) is 3.49. The van der Waals surface area contributed by atoms with Crippen molar-refractivity contribution < 1.29 is 18.0 Å². The molecule has 0 aliphatic heterocycles. The number of carbonyl (C=O) groups is 1. The van der Waals surface area contributed by atoms with E-state index in [9.17, 15) is 18.0 Å². The third-order valence-corrected chi connectivity index (χ3v) is 5.68. The molecule has 8 heteroatoms. The van der Waals surface area contributed by atoms with Crippen molar-refractivity contribution in [2.75, 3.05) is 0 Å². The summed E-state index contributed by atoms with van der Waals surface area (Å²) < 4.78 is 38.2. The topological polar surface area (TPSA) is 42.0 Å². The summed E-state index contributed by atoms with van der Waals surface area (Å²) in [6, 6.07) is 8.29. The summed E-state index contributed by atoms with van der Waals surface area (Å²) in [5, 5.41) is 5.49. The van der Waals surface area contributed by atoms with Crippen molar-refractivity contribution in [2.24, 2.45) is 0 Å². The molecule has 0 unspecified atom stereocenters. The largest absolute Gasteiger partial charge is 0.416 e. The monoisotopic (exact) mass is 382 g/mol. The molecule has 1 N–H and O–H groups in total. The molecule has 0 atom stereocenters.